The molecule has 0 saturated carbocycles. The smallest absolute Gasteiger partial charge is 0.269 e. The van der Waals surface area contributed by atoms with Crippen LogP contribution in [0.15, 0.2) is 48.5 Å². The summed E-state index contributed by atoms with van der Waals surface area (Å²) in [4.78, 5) is 21.9. The van der Waals surface area contributed by atoms with Crippen molar-refractivity contribution in [2.24, 2.45) is 0 Å². The largest absolute Gasteiger partial charge is 0.483 e. The second-order valence-corrected chi connectivity index (χ2v) is 4.41. The van der Waals surface area contributed by atoms with Gasteiger partial charge in [0.05, 0.1) is 4.92 Å². The van der Waals surface area contributed by atoms with Gasteiger partial charge < -0.3 is 10.1 Å². The maximum atomic E-state index is 11.7. The maximum Gasteiger partial charge on any atom is 0.269 e. The Hall–Kier alpha value is -2.89. The van der Waals surface area contributed by atoms with Gasteiger partial charge in [-0.05, 0) is 30.7 Å². The van der Waals surface area contributed by atoms with E-state index in [2.05, 4.69) is 5.32 Å². The number of rotatable bonds is 5. The number of anilines is 1. The summed E-state index contributed by atoms with van der Waals surface area (Å²) in [6.07, 6.45) is 0. The summed E-state index contributed by atoms with van der Waals surface area (Å²) in [6.45, 7) is 1.53. The predicted molar refractivity (Wildman–Crippen MR) is 78.4 cm³/mol. The van der Waals surface area contributed by atoms with Gasteiger partial charge in [0.2, 0.25) is 0 Å². The van der Waals surface area contributed by atoms with E-state index in [9.17, 15) is 14.9 Å². The molecule has 6 nitrogen and oxygen atoms in total. The Morgan fingerprint density at radius 2 is 1.95 bits per heavy atom. The molecule has 108 valence electrons. The Balaban J connectivity index is 1.94. The predicted octanol–water partition coefficient (Wildman–Crippen LogP) is 2.92. The number of ether oxygens (including phenoxy) is 1. The standard InChI is InChI=1S/C15H14N2O4/c1-11-9-13(17(19)20)7-8-14(11)21-10-15(18)16-12-5-3-2-4-6-12/h2-9H,10H2,1H3,(H,16,18). The van der Waals surface area contributed by atoms with Crippen molar-refractivity contribution < 1.29 is 14.5 Å². The third kappa shape index (κ3) is 4.04. The van der Waals surface area contributed by atoms with Gasteiger partial charge in [-0.15, -0.1) is 0 Å². The zero-order chi connectivity index (χ0) is 15.2. The fourth-order valence-electron chi connectivity index (χ4n) is 1.77. The van der Waals surface area contributed by atoms with Crippen molar-refractivity contribution >= 4 is 17.3 Å². The summed E-state index contributed by atoms with van der Waals surface area (Å²) in [6, 6.07) is 13.3. The van der Waals surface area contributed by atoms with Crippen molar-refractivity contribution in [2.75, 3.05) is 11.9 Å². The van der Waals surface area contributed by atoms with Crippen molar-refractivity contribution in [2.45, 2.75) is 6.92 Å². The highest BCUT2D eigenvalue weighted by atomic mass is 16.6. The van der Waals surface area contributed by atoms with Crippen molar-refractivity contribution in [3.8, 4) is 5.75 Å². The number of aryl methyl sites for hydroxylation is 1. The summed E-state index contributed by atoms with van der Waals surface area (Å²) < 4.78 is 5.37. The number of nitrogens with zero attached hydrogens (tertiary/aromatic N) is 1. The highest BCUT2D eigenvalue weighted by Crippen LogP contribution is 2.23. The number of carbonyl (C=O) groups excluding carboxylic acids is 1. The Morgan fingerprint density at radius 1 is 1.24 bits per heavy atom. The van der Waals surface area contributed by atoms with Gasteiger partial charge in [-0.3, -0.25) is 14.9 Å². The van der Waals surface area contributed by atoms with Crippen LogP contribution >= 0.6 is 0 Å². The number of nitro groups is 1. The molecule has 0 aliphatic carbocycles. The molecule has 0 fully saturated rings. The molecule has 0 atom stereocenters. The van der Waals surface area contributed by atoms with Gasteiger partial charge in [0.25, 0.3) is 11.6 Å². The van der Waals surface area contributed by atoms with Gasteiger partial charge in [-0.1, -0.05) is 18.2 Å². The molecule has 0 spiro atoms. The van der Waals surface area contributed by atoms with Crippen LogP contribution in [0, 0.1) is 17.0 Å². The molecule has 2 rings (SSSR count). The highest BCUT2D eigenvalue weighted by molar-refractivity contribution is 5.91. The Labute approximate surface area is 121 Å². The van der Waals surface area contributed by atoms with Crippen LogP contribution in [0.3, 0.4) is 0 Å². The second-order valence-electron chi connectivity index (χ2n) is 4.41. The number of nitrogens with one attached hydrogen (secondary N) is 1. The third-order valence-corrected chi connectivity index (χ3v) is 2.79. The summed E-state index contributed by atoms with van der Waals surface area (Å²) in [7, 11) is 0. The van der Waals surface area contributed by atoms with Crippen molar-refractivity contribution in [1.82, 2.24) is 0 Å². The molecule has 0 aromatic heterocycles. The molecule has 0 aliphatic heterocycles. The van der Waals surface area contributed by atoms with Crippen LogP contribution in [0.1, 0.15) is 5.56 Å². The second kappa shape index (κ2) is 6.51. The van der Waals surface area contributed by atoms with Crippen molar-refractivity contribution in [3.05, 3.63) is 64.2 Å². The lowest BCUT2D eigenvalue weighted by Gasteiger charge is -2.09. The monoisotopic (exact) mass is 286 g/mol. The molecule has 0 unspecified atom stereocenters. The molecule has 6 heteroatoms. The molecule has 0 aliphatic rings. The first-order chi connectivity index (χ1) is 10.1. The van der Waals surface area contributed by atoms with Crippen LogP contribution in [-0.4, -0.2) is 17.4 Å². The average Bonchev–Trinajstić information content (AvgIpc) is 2.47. The highest BCUT2D eigenvalue weighted by Gasteiger charge is 2.10. The Kier molecular flexibility index (Phi) is 4.50. The number of non-ortho nitro benzene ring substituents is 1. The number of hydrogen-bond acceptors (Lipinski definition) is 4. The van der Waals surface area contributed by atoms with Crippen molar-refractivity contribution in [1.29, 1.82) is 0 Å². The third-order valence-electron chi connectivity index (χ3n) is 2.79. The van der Waals surface area contributed by atoms with Gasteiger partial charge in [0, 0.05) is 17.8 Å². The van der Waals surface area contributed by atoms with Gasteiger partial charge in [0.15, 0.2) is 6.61 Å². The quantitative estimate of drug-likeness (QED) is 0.676. The summed E-state index contributed by atoms with van der Waals surface area (Å²) >= 11 is 0. The molecular weight excluding hydrogens is 272 g/mol. The first-order valence-electron chi connectivity index (χ1n) is 6.29. The Morgan fingerprint density at radius 3 is 2.57 bits per heavy atom. The fraction of sp³-hybridized carbons (Fsp3) is 0.133. The molecule has 0 saturated heterocycles. The van der Waals surface area contributed by atoms with E-state index >= 15 is 0 Å². The first-order valence-corrected chi connectivity index (χ1v) is 6.29. The molecule has 2 aromatic carbocycles. The average molecular weight is 286 g/mol. The van der Waals surface area contributed by atoms with Gasteiger partial charge >= 0.3 is 0 Å². The molecule has 0 bridgehead atoms. The molecular formula is C15H14N2O4. The topological polar surface area (TPSA) is 81.5 Å². The minimum atomic E-state index is -0.473. The van der Waals surface area contributed by atoms with Crippen LogP contribution in [-0.2, 0) is 4.79 Å². The fourth-order valence-corrected chi connectivity index (χ4v) is 1.77. The van der Waals surface area contributed by atoms with E-state index < -0.39 is 4.92 Å². The van der Waals surface area contributed by atoms with Crippen molar-refractivity contribution in [3.63, 3.8) is 0 Å². The number of carbonyl (C=O) groups is 1. The molecule has 0 heterocycles. The van der Waals surface area contributed by atoms with Crippen LogP contribution in [0.5, 0.6) is 5.75 Å². The maximum absolute atomic E-state index is 11.7. The molecule has 0 radical (unpaired) electrons. The minimum Gasteiger partial charge on any atom is -0.483 e. The number of benzene rings is 2. The van der Waals surface area contributed by atoms with E-state index in [0.717, 1.165) is 0 Å². The van der Waals surface area contributed by atoms with E-state index in [1.165, 1.54) is 18.2 Å². The van der Waals surface area contributed by atoms with E-state index in [1.54, 1.807) is 19.1 Å². The summed E-state index contributed by atoms with van der Waals surface area (Å²) in [5.74, 6) is 0.155. The van der Waals surface area contributed by atoms with Crippen LogP contribution in [0.4, 0.5) is 11.4 Å². The summed E-state index contributed by atoms with van der Waals surface area (Å²) in [5.41, 5.74) is 1.29. The SMILES string of the molecule is Cc1cc([N+](=O)[O-])ccc1OCC(=O)Nc1ccccc1. The number of amides is 1. The molecule has 1 amide bonds. The number of hydrogen-bond donors (Lipinski definition) is 1. The lowest BCUT2D eigenvalue weighted by atomic mass is 10.2. The van der Waals surface area contributed by atoms with Crippen LogP contribution in [0.2, 0.25) is 0 Å². The first kappa shape index (κ1) is 14.5. The molecule has 1 N–H and O–H groups in total. The van der Waals surface area contributed by atoms with E-state index in [-0.39, 0.29) is 18.2 Å². The zero-order valence-electron chi connectivity index (χ0n) is 11.4. The lowest BCUT2D eigenvalue weighted by Crippen LogP contribution is -2.20. The number of para-hydroxylation sites is 1. The minimum absolute atomic E-state index is 0.00594. The van der Waals surface area contributed by atoms with Gasteiger partial charge in [0.1, 0.15) is 5.75 Å². The van der Waals surface area contributed by atoms with Gasteiger partial charge in [-0.25, -0.2) is 0 Å². The zero-order valence-corrected chi connectivity index (χ0v) is 11.4. The number of nitro benzene ring substituents is 1. The summed E-state index contributed by atoms with van der Waals surface area (Å²) in [5, 5.41) is 13.3. The molecule has 2 aromatic rings. The van der Waals surface area contributed by atoms with E-state index in [1.807, 2.05) is 18.2 Å². The van der Waals surface area contributed by atoms with Gasteiger partial charge in [-0.2, -0.15) is 0 Å². The normalized spacial score (nSPS) is 9.95. The Bertz CT molecular complexity index is 656. The molecule has 21 heavy (non-hydrogen) atoms. The van der Waals surface area contributed by atoms with E-state index in [0.29, 0.717) is 17.0 Å². The van der Waals surface area contributed by atoms with Crippen LogP contribution in [0.25, 0.3) is 0 Å². The lowest BCUT2D eigenvalue weighted by molar-refractivity contribution is -0.384. The van der Waals surface area contributed by atoms with Crippen LogP contribution < -0.4 is 10.1 Å². The van der Waals surface area contributed by atoms with E-state index in [4.69, 9.17) is 4.74 Å².